The van der Waals surface area contributed by atoms with Crippen LogP contribution in [0, 0.1) is 34.9 Å². The van der Waals surface area contributed by atoms with Crippen LogP contribution in [0.2, 0.25) is 0 Å². The molecule has 0 radical (unpaired) electrons. The lowest BCUT2D eigenvalue weighted by Crippen LogP contribution is -2.54. The smallest absolute Gasteiger partial charge is 0.143 e. The summed E-state index contributed by atoms with van der Waals surface area (Å²) in [5.41, 5.74) is 1.15. The molecule has 0 atom stereocenters. The standard InChI is InChI=1S/C17H19FN2/c18-16-6-15(2-1-14(16)10-19)20-17-7-11-3-12(8-17)5-13(4-11)9-17/h1-2,6,11-13,20H,3-5,7-9H2. The van der Waals surface area contributed by atoms with E-state index in [0.29, 0.717) is 0 Å². The maximum Gasteiger partial charge on any atom is 0.143 e. The van der Waals surface area contributed by atoms with E-state index in [2.05, 4.69) is 5.32 Å². The number of halogens is 1. The number of benzene rings is 1. The molecule has 1 aromatic carbocycles. The van der Waals surface area contributed by atoms with Gasteiger partial charge in [-0.15, -0.1) is 0 Å². The number of hydrogen-bond acceptors (Lipinski definition) is 2. The van der Waals surface area contributed by atoms with Crippen LogP contribution < -0.4 is 5.32 Å². The summed E-state index contributed by atoms with van der Waals surface area (Å²) in [6, 6.07) is 6.79. The number of nitriles is 1. The van der Waals surface area contributed by atoms with Gasteiger partial charge in [-0.25, -0.2) is 4.39 Å². The maximum absolute atomic E-state index is 13.7. The Labute approximate surface area is 119 Å². The molecule has 4 aliphatic carbocycles. The molecule has 4 bridgehead atoms. The van der Waals surface area contributed by atoms with Gasteiger partial charge in [0.2, 0.25) is 0 Å². The average molecular weight is 270 g/mol. The summed E-state index contributed by atoms with van der Waals surface area (Å²) in [6.07, 6.45) is 7.93. The Morgan fingerprint density at radius 3 is 2.20 bits per heavy atom. The Morgan fingerprint density at radius 1 is 1.10 bits per heavy atom. The Bertz CT molecular complexity index is 552. The summed E-state index contributed by atoms with van der Waals surface area (Å²) in [6.45, 7) is 0. The highest BCUT2D eigenvalue weighted by Crippen LogP contribution is 2.56. The average Bonchev–Trinajstić information content (AvgIpc) is 2.36. The Hall–Kier alpha value is -1.56. The van der Waals surface area contributed by atoms with Gasteiger partial charge >= 0.3 is 0 Å². The molecule has 0 aromatic heterocycles. The maximum atomic E-state index is 13.7. The zero-order chi connectivity index (χ0) is 13.7. The normalized spacial score (nSPS) is 37.7. The van der Waals surface area contributed by atoms with E-state index in [-0.39, 0.29) is 11.1 Å². The van der Waals surface area contributed by atoms with Crippen molar-refractivity contribution < 1.29 is 4.39 Å². The van der Waals surface area contributed by atoms with E-state index >= 15 is 0 Å². The van der Waals surface area contributed by atoms with Crippen LogP contribution in [0.5, 0.6) is 0 Å². The van der Waals surface area contributed by atoms with Gasteiger partial charge in [0.25, 0.3) is 0 Å². The fourth-order valence-electron chi connectivity index (χ4n) is 5.25. The van der Waals surface area contributed by atoms with Gasteiger partial charge in [-0.05, 0) is 74.5 Å². The molecule has 1 aromatic rings. The lowest BCUT2D eigenvalue weighted by molar-refractivity contribution is 0.0107. The van der Waals surface area contributed by atoms with E-state index in [1.165, 1.54) is 44.6 Å². The summed E-state index contributed by atoms with van der Waals surface area (Å²) in [5, 5.41) is 12.4. The highest BCUT2D eigenvalue weighted by Gasteiger charge is 2.50. The predicted octanol–water partition coefficient (Wildman–Crippen LogP) is 4.08. The summed E-state index contributed by atoms with van der Waals surface area (Å²) < 4.78 is 13.7. The zero-order valence-electron chi connectivity index (χ0n) is 11.5. The largest absolute Gasteiger partial charge is 0.379 e. The molecule has 0 heterocycles. The number of nitrogens with zero attached hydrogens (tertiary/aromatic N) is 1. The molecule has 0 unspecified atom stereocenters. The van der Waals surface area contributed by atoms with E-state index in [0.717, 1.165) is 23.4 Å². The van der Waals surface area contributed by atoms with Gasteiger partial charge in [0, 0.05) is 11.2 Å². The molecule has 3 heteroatoms. The summed E-state index contributed by atoms with van der Waals surface area (Å²) in [5.74, 6) is 2.20. The fourth-order valence-corrected chi connectivity index (χ4v) is 5.25. The minimum atomic E-state index is -0.415. The van der Waals surface area contributed by atoms with Crippen LogP contribution in [0.1, 0.15) is 44.1 Å². The molecule has 0 saturated heterocycles. The summed E-state index contributed by atoms with van der Waals surface area (Å²) in [4.78, 5) is 0. The second-order valence-corrected chi connectivity index (χ2v) is 7.13. The Kier molecular flexibility index (Phi) is 2.57. The highest BCUT2D eigenvalue weighted by atomic mass is 19.1. The van der Waals surface area contributed by atoms with Crippen molar-refractivity contribution in [1.82, 2.24) is 0 Å². The number of anilines is 1. The van der Waals surface area contributed by atoms with Gasteiger partial charge in [-0.2, -0.15) is 5.26 Å². The topological polar surface area (TPSA) is 35.8 Å². The van der Waals surface area contributed by atoms with Gasteiger partial charge < -0.3 is 5.32 Å². The van der Waals surface area contributed by atoms with Crippen molar-refractivity contribution in [2.24, 2.45) is 17.8 Å². The van der Waals surface area contributed by atoms with Gasteiger partial charge in [0.15, 0.2) is 0 Å². The number of hydrogen-bond donors (Lipinski definition) is 1. The van der Waals surface area contributed by atoms with E-state index in [4.69, 9.17) is 5.26 Å². The molecule has 5 rings (SSSR count). The lowest BCUT2D eigenvalue weighted by atomic mass is 9.53. The lowest BCUT2D eigenvalue weighted by Gasteiger charge is -2.57. The third-order valence-corrected chi connectivity index (χ3v) is 5.54. The van der Waals surface area contributed by atoms with Crippen LogP contribution in [-0.4, -0.2) is 5.54 Å². The van der Waals surface area contributed by atoms with Crippen LogP contribution in [-0.2, 0) is 0 Å². The van der Waals surface area contributed by atoms with Crippen molar-refractivity contribution >= 4 is 5.69 Å². The minimum absolute atomic E-state index is 0.126. The van der Waals surface area contributed by atoms with Crippen LogP contribution in [0.25, 0.3) is 0 Å². The monoisotopic (exact) mass is 270 g/mol. The van der Waals surface area contributed by atoms with Crippen molar-refractivity contribution in [3.8, 4) is 6.07 Å². The Morgan fingerprint density at radius 2 is 1.70 bits per heavy atom. The van der Waals surface area contributed by atoms with Gasteiger partial charge in [0.1, 0.15) is 11.9 Å². The summed E-state index contributed by atoms with van der Waals surface area (Å²) in [7, 11) is 0. The second kappa shape index (κ2) is 4.22. The number of rotatable bonds is 2. The molecule has 0 aliphatic heterocycles. The van der Waals surface area contributed by atoms with Crippen molar-refractivity contribution in [2.75, 3.05) is 5.32 Å². The van der Waals surface area contributed by atoms with E-state index in [1.54, 1.807) is 6.07 Å². The van der Waals surface area contributed by atoms with Crippen molar-refractivity contribution in [3.05, 3.63) is 29.6 Å². The molecule has 1 N–H and O–H groups in total. The van der Waals surface area contributed by atoms with Crippen LogP contribution >= 0.6 is 0 Å². The third kappa shape index (κ3) is 1.90. The van der Waals surface area contributed by atoms with E-state index < -0.39 is 5.82 Å². The molecule has 0 amide bonds. The first kappa shape index (κ1) is 12.2. The molecule has 2 nitrogen and oxygen atoms in total. The fraction of sp³-hybridized carbons (Fsp3) is 0.588. The summed E-state index contributed by atoms with van der Waals surface area (Å²) >= 11 is 0. The third-order valence-electron chi connectivity index (χ3n) is 5.54. The molecule has 104 valence electrons. The first-order chi connectivity index (χ1) is 9.66. The van der Waals surface area contributed by atoms with Gasteiger partial charge in [-0.1, -0.05) is 0 Å². The SMILES string of the molecule is N#Cc1ccc(NC23CC4CC(CC(C4)C2)C3)cc1F. The predicted molar refractivity (Wildman–Crippen MR) is 75.6 cm³/mol. The zero-order valence-corrected chi connectivity index (χ0v) is 11.5. The van der Waals surface area contributed by atoms with Gasteiger partial charge in [0.05, 0.1) is 5.56 Å². The van der Waals surface area contributed by atoms with Gasteiger partial charge in [-0.3, -0.25) is 0 Å². The Balaban J connectivity index is 1.60. The quantitative estimate of drug-likeness (QED) is 0.879. The number of nitrogens with one attached hydrogen (secondary N) is 1. The van der Waals surface area contributed by atoms with Crippen molar-refractivity contribution in [3.63, 3.8) is 0 Å². The minimum Gasteiger partial charge on any atom is -0.379 e. The molecular formula is C17H19FN2. The molecule has 0 spiro atoms. The van der Waals surface area contributed by atoms with Crippen LogP contribution in [0.3, 0.4) is 0 Å². The van der Waals surface area contributed by atoms with E-state index in [1.807, 2.05) is 12.1 Å². The van der Waals surface area contributed by atoms with Crippen molar-refractivity contribution in [1.29, 1.82) is 5.26 Å². The van der Waals surface area contributed by atoms with Crippen molar-refractivity contribution in [2.45, 2.75) is 44.1 Å². The van der Waals surface area contributed by atoms with Crippen LogP contribution in [0.15, 0.2) is 18.2 Å². The highest BCUT2D eigenvalue weighted by molar-refractivity contribution is 5.50. The van der Waals surface area contributed by atoms with Crippen LogP contribution in [0.4, 0.5) is 10.1 Å². The molecule has 4 fully saturated rings. The second-order valence-electron chi connectivity index (χ2n) is 7.13. The molecular weight excluding hydrogens is 251 g/mol. The molecule has 4 aliphatic rings. The first-order valence-electron chi connectivity index (χ1n) is 7.64. The molecule has 20 heavy (non-hydrogen) atoms. The first-order valence-corrected chi connectivity index (χ1v) is 7.64. The molecule has 4 saturated carbocycles. The van der Waals surface area contributed by atoms with E-state index in [9.17, 15) is 4.39 Å².